The number of para-hydroxylation sites is 3. The molecular weight excluding hydrogens is 379 g/mol. The summed E-state index contributed by atoms with van der Waals surface area (Å²) in [5.74, 6) is -0.737. The van der Waals surface area contributed by atoms with Gasteiger partial charge in [-0.05, 0) is 46.7 Å². The molecule has 1 aromatic heterocycles. The maximum atomic E-state index is 14.5. The number of piperazine rings is 1. The summed E-state index contributed by atoms with van der Waals surface area (Å²) in [5, 5.41) is 3.63. The van der Waals surface area contributed by atoms with Crippen LogP contribution in [0.25, 0.3) is 0 Å². The van der Waals surface area contributed by atoms with Gasteiger partial charge in [-0.1, -0.05) is 24.3 Å². The summed E-state index contributed by atoms with van der Waals surface area (Å²) in [6.45, 7) is -0.200. The molecule has 7 heteroatoms. The Morgan fingerprint density at radius 1 is 1.04 bits per heavy atom. The second-order valence-corrected chi connectivity index (χ2v) is 7.05. The van der Waals surface area contributed by atoms with Crippen LogP contribution in [0.1, 0.15) is 11.6 Å². The molecule has 1 aliphatic rings. The van der Waals surface area contributed by atoms with Crippen molar-refractivity contribution in [3.63, 3.8) is 0 Å². The van der Waals surface area contributed by atoms with Crippen LogP contribution < -0.4 is 14.5 Å². The third-order valence-corrected chi connectivity index (χ3v) is 5.37. The number of carbonyl (C=O) groups is 2. The molecule has 0 N–H and O–H groups in total. The Kier molecular flexibility index (Phi) is 4.83. The van der Waals surface area contributed by atoms with Gasteiger partial charge in [-0.25, -0.2) is 4.39 Å². The van der Waals surface area contributed by atoms with Gasteiger partial charge in [0.15, 0.2) is 0 Å². The minimum absolute atomic E-state index is 0.0942. The topological polar surface area (TPSA) is 49.9 Å². The van der Waals surface area contributed by atoms with Crippen LogP contribution in [0.15, 0.2) is 65.4 Å². The molecule has 0 bridgehead atoms. The van der Waals surface area contributed by atoms with Crippen LogP contribution in [0.2, 0.25) is 0 Å². The molecule has 4 rings (SSSR count). The van der Waals surface area contributed by atoms with E-state index in [-0.39, 0.29) is 24.0 Å². The van der Waals surface area contributed by atoms with E-state index in [4.69, 9.17) is 4.74 Å². The smallest absolute Gasteiger partial charge is 0.255 e. The number of rotatable bonds is 4. The van der Waals surface area contributed by atoms with Crippen molar-refractivity contribution in [1.82, 2.24) is 0 Å². The van der Waals surface area contributed by atoms with Gasteiger partial charge in [0.1, 0.15) is 24.2 Å². The number of ether oxygens (including phenoxy) is 1. The maximum Gasteiger partial charge on any atom is 0.255 e. The molecule has 1 saturated heterocycles. The SMILES string of the molecule is COc1ccccc1N1CC(=O)N(c2ccccc2F)[C@@H](c2ccsc2)C1=O. The largest absolute Gasteiger partial charge is 0.495 e. The molecule has 2 heterocycles. The first kappa shape index (κ1) is 18.2. The fourth-order valence-corrected chi connectivity index (χ4v) is 4.07. The number of hydrogen-bond donors (Lipinski definition) is 0. The van der Waals surface area contributed by atoms with Crippen molar-refractivity contribution >= 4 is 34.5 Å². The van der Waals surface area contributed by atoms with Gasteiger partial charge >= 0.3 is 0 Å². The molecule has 3 aromatic rings. The normalized spacial score (nSPS) is 17.1. The monoisotopic (exact) mass is 396 g/mol. The van der Waals surface area contributed by atoms with Gasteiger partial charge in [-0.15, -0.1) is 0 Å². The Morgan fingerprint density at radius 3 is 2.43 bits per heavy atom. The van der Waals surface area contributed by atoms with Gasteiger partial charge in [0.25, 0.3) is 5.91 Å². The lowest BCUT2D eigenvalue weighted by Gasteiger charge is -2.40. The molecule has 1 atom stereocenters. The van der Waals surface area contributed by atoms with Crippen molar-refractivity contribution in [3.05, 3.63) is 76.7 Å². The van der Waals surface area contributed by atoms with Crippen LogP contribution in [0, 0.1) is 5.82 Å². The number of nitrogens with zero attached hydrogens (tertiary/aromatic N) is 2. The third kappa shape index (κ3) is 3.03. The highest BCUT2D eigenvalue weighted by molar-refractivity contribution is 7.08. The van der Waals surface area contributed by atoms with Gasteiger partial charge in [0, 0.05) is 0 Å². The van der Waals surface area contributed by atoms with Gasteiger partial charge < -0.3 is 4.74 Å². The Hall–Kier alpha value is -3.19. The highest BCUT2D eigenvalue weighted by atomic mass is 32.1. The first-order valence-corrected chi connectivity index (χ1v) is 9.59. The quantitative estimate of drug-likeness (QED) is 0.669. The van der Waals surface area contributed by atoms with E-state index in [2.05, 4.69) is 0 Å². The molecule has 1 fully saturated rings. The number of anilines is 2. The second kappa shape index (κ2) is 7.44. The number of carbonyl (C=O) groups excluding carboxylic acids is 2. The predicted molar refractivity (Wildman–Crippen MR) is 106 cm³/mol. The lowest BCUT2D eigenvalue weighted by Crippen LogP contribution is -2.56. The summed E-state index contributed by atoms with van der Waals surface area (Å²) in [6, 6.07) is 13.9. The van der Waals surface area contributed by atoms with Crippen LogP contribution >= 0.6 is 11.3 Å². The van der Waals surface area contributed by atoms with E-state index in [1.165, 1.54) is 40.4 Å². The molecule has 0 radical (unpaired) electrons. The molecule has 1 aliphatic heterocycles. The van der Waals surface area contributed by atoms with Crippen LogP contribution in [-0.2, 0) is 9.59 Å². The summed E-state index contributed by atoms with van der Waals surface area (Å²) in [7, 11) is 1.51. The third-order valence-electron chi connectivity index (χ3n) is 4.67. The van der Waals surface area contributed by atoms with Crippen molar-refractivity contribution in [2.75, 3.05) is 23.5 Å². The zero-order chi connectivity index (χ0) is 19.7. The zero-order valence-corrected chi connectivity index (χ0v) is 15.9. The molecule has 142 valence electrons. The predicted octanol–water partition coefficient (Wildman–Crippen LogP) is 4.02. The molecule has 2 aromatic carbocycles. The summed E-state index contributed by atoms with van der Waals surface area (Å²) in [4.78, 5) is 29.3. The minimum atomic E-state index is -0.950. The van der Waals surface area contributed by atoms with E-state index >= 15 is 0 Å². The molecule has 28 heavy (non-hydrogen) atoms. The molecule has 0 aliphatic carbocycles. The Labute approximate surface area is 165 Å². The second-order valence-electron chi connectivity index (χ2n) is 6.27. The molecule has 0 unspecified atom stereocenters. The first-order chi connectivity index (χ1) is 13.6. The molecule has 0 spiro atoms. The van der Waals surface area contributed by atoms with Crippen LogP contribution in [0.5, 0.6) is 5.75 Å². The highest BCUT2D eigenvalue weighted by Gasteiger charge is 2.43. The summed E-state index contributed by atoms with van der Waals surface area (Å²) in [5.41, 5.74) is 1.25. The lowest BCUT2D eigenvalue weighted by atomic mass is 10.0. The number of amides is 2. The summed E-state index contributed by atoms with van der Waals surface area (Å²) < 4.78 is 19.9. The van der Waals surface area contributed by atoms with Crippen molar-refractivity contribution < 1.29 is 18.7 Å². The summed E-state index contributed by atoms with van der Waals surface area (Å²) >= 11 is 1.42. The van der Waals surface area contributed by atoms with Crippen molar-refractivity contribution in [3.8, 4) is 5.75 Å². The number of benzene rings is 2. The zero-order valence-electron chi connectivity index (χ0n) is 15.0. The Bertz CT molecular complexity index is 1020. The number of methoxy groups -OCH3 is 1. The highest BCUT2D eigenvalue weighted by Crippen LogP contribution is 2.38. The van der Waals surface area contributed by atoms with Crippen molar-refractivity contribution in [2.24, 2.45) is 0 Å². The lowest BCUT2D eigenvalue weighted by molar-refractivity contribution is -0.128. The molecule has 5 nitrogen and oxygen atoms in total. The summed E-state index contributed by atoms with van der Waals surface area (Å²) in [6.07, 6.45) is 0. The average molecular weight is 396 g/mol. The molecular formula is C21H17FN2O3S. The first-order valence-electron chi connectivity index (χ1n) is 8.65. The average Bonchev–Trinajstić information content (AvgIpc) is 3.24. The molecule has 2 amide bonds. The van der Waals surface area contributed by atoms with Crippen molar-refractivity contribution in [2.45, 2.75) is 6.04 Å². The number of hydrogen-bond acceptors (Lipinski definition) is 4. The van der Waals surface area contributed by atoms with Crippen LogP contribution in [-0.4, -0.2) is 25.5 Å². The fourth-order valence-electron chi connectivity index (χ4n) is 3.39. The van der Waals surface area contributed by atoms with E-state index in [1.54, 1.807) is 47.8 Å². The van der Waals surface area contributed by atoms with Crippen LogP contribution in [0.3, 0.4) is 0 Å². The van der Waals surface area contributed by atoms with Crippen molar-refractivity contribution in [1.29, 1.82) is 0 Å². The maximum absolute atomic E-state index is 14.5. The van der Waals surface area contributed by atoms with E-state index in [1.807, 2.05) is 5.38 Å². The van der Waals surface area contributed by atoms with Gasteiger partial charge in [0.05, 0.1) is 18.5 Å². The van der Waals surface area contributed by atoms with Crippen LogP contribution in [0.4, 0.5) is 15.8 Å². The van der Waals surface area contributed by atoms with E-state index in [0.717, 1.165) is 0 Å². The van der Waals surface area contributed by atoms with Gasteiger partial charge in [-0.3, -0.25) is 19.4 Å². The number of thiophene rings is 1. The molecule has 0 saturated carbocycles. The van der Waals surface area contributed by atoms with E-state index in [0.29, 0.717) is 17.0 Å². The Morgan fingerprint density at radius 2 is 1.75 bits per heavy atom. The Balaban J connectivity index is 1.83. The van der Waals surface area contributed by atoms with Gasteiger partial charge in [-0.2, -0.15) is 11.3 Å². The van der Waals surface area contributed by atoms with E-state index < -0.39 is 11.9 Å². The van der Waals surface area contributed by atoms with Gasteiger partial charge in [0.2, 0.25) is 5.91 Å². The van der Waals surface area contributed by atoms with E-state index in [9.17, 15) is 14.0 Å². The number of halogens is 1. The standard InChI is InChI=1S/C21H17FN2O3S/c1-27-18-9-5-4-8-17(18)23-12-19(25)24(16-7-3-2-6-15(16)22)20(21(23)26)14-10-11-28-13-14/h2-11,13,20H,12H2,1H3/t20-/m0/s1. The minimum Gasteiger partial charge on any atom is -0.495 e. The fraction of sp³-hybridized carbons (Fsp3) is 0.143.